The highest BCUT2D eigenvalue weighted by Crippen LogP contribution is 2.15. The van der Waals surface area contributed by atoms with Crippen LogP contribution < -0.4 is 5.32 Å². The molecule has 1 amide bonds. The summed E-state index contributed by atoms with van der Waals surface area (Å²) in [4.78, 5) is 11.6. The van der Waals surface area contributed by atoms with E-state index in [1.807, 2.05) is 0 Å². The Morgan fingerprint density at radius 1 is 1.47 bits per heavy atom. The maximum atomic E-state index is 11.6. The van der Waals surface area contributed by atoms with Crippen molar-refractivity contribution in [2.24, 2.45) is 0 Å². The Morgan fingerprint density at radius 2 is 2.18 bits per heavy atom. The van der Waals surface area contributed by atoms with Crippen molar-refractivity contribution >= 4 is 23.4 Å². The molecule has 90 valence electrons. The molecule has 0 radical (unpaired) electrons. The molecular formula is C13H16N2OS. The van der Waals surface area contributed by atoms with Crippen LogP contribution in [0.1, 0.15) is 25.8 Å². The van der Waals surface area contributed by atoms with Crippen LogP contribution in [-0.4, -0.2) is 16.9 Å². The molecule has 1 rings (SSSR count). The van der Waals surface area contributed by atoms with Crippen LogP contribution in [0.15, 0.2) is 24.3 Å². The molecule has 1 N–H and O–H groups in total. The molecule has 0 saturated carbocycles. The summed E-state index contributed by atoms with van der Waals surface area (Å²) in [6.45, 7) is 4.21. The van der Waals surface area contributed by atoms with E-state index in [1.54, 1.807) is 36.0 Å². The number of carbonyl (C=O) groups excluding carboxylic acids is 1. The first-order chi connectivity index (χ1) is 8.13. The van der Waals surface area contributed by atoms with Crippen molar-refractivity contribution in [2.45, 2.75) is 25.5 Å². The molecule has 0 saturated heterocycles. The lowest BCUT2D eigenvalue weighted by Gasteiger charge is -2.07. The van der Waals surface area contributed by atoms with Crippen LogP contribution in [0.2, 0.25) is 0 Å². The molecule has 3 nitrogen and oxygen atoms in total. The van der Waals surface area contributed by atoms with Crippen molar-refractivity contribution in [1.82, 2.24) is 0 Å². The third kappa shape index (κ3) is 4.92. The average molecular weight is 248 g/mol. The number of thioether (sulfide) groups is 1. The second-order valence-electron chi connectivity index (χ2n) is 3.88. The van der Waals surface area contributed by atoms with Gasteiger partial charge < -0.3 is 5.32 Å². The Balaban J connectivity index is 2.48. The topological polar surface area (TPSA) is 52.9 Å². The molecule has 0 heterocycles. The third-order valence-electron chi connectivity index (χ3n) is 2.10. The van der Waals surface area contributed by atoms with E-state index in [4.69, 9.17) is 5.26 Å². The van der Waals surface area contributed by atoms with Crippen LogP contribution in [0, 0.1) is 11.3 Å². The summed E-state index contributed by atoms with van der Waals surface area (Å²) >= 11 is 1.75. The number of amides is 1. The lowest BCUT2D eigenvalue weighted by molar-refractivity contribution is -0.115. The quantitative estimate of drug-likeness (QED) is 0.871. The average Bonchev–Trinajstić information content (AvgIpc) is 2.29. The normalized spacial score (nSPS) is 10.0. The van der Waals surface area contributed by atoms with Gasteiger partial charge in [-0.1, -0.05) is 26.0 Å². The van der Waals surface area contributed by atoms with Gasteiger partial charge in [0.1, 0.15) is 6.07 Å². The predicted octanol–water partition coefficient (Wildman–Crippen LogP) is 3.03. The van der Waals surface area contributed by atoms with E-state index in [2.05, 4.69) is 25.2 Å². The van der Waals surface area contributed by atoms with Crippen molar-refractivity contribution in [2.75, 3.05) is 11.1 Å². The highest BCUT2D eigenvalue weighted by Gasteiger charge is 2.06. The first-order valence-corrected chi connectivity index (χ1v) is 6.59. The summed E-state index contributed by atoms with van der Waals surface area (Å²) < 4.78 is 0. The zero-order valence-corrected chi connectivity index (χ0v) is 10.9. The van der Waals surface area contributed by atoms with E-state index >= 15 is 0 Å². The number of carbonyl (C=O) groups is 1. The summed E-state index contributed by atoms with van der Waals surface area (Å²) in [7, 11) is 0. The zero-order valence-electron chi connectivity index (χ0n) is 10.1. The minimum absolute atomic E-state index is 0.0409. The number of para-hydroxylation sites is 1. The van der Waals surface area contributed by atoms with Crippen LogP contribution >= 0.6 is 11.8 Å². The number of anilines is 1. The van der Waals surface area contributed by atoms with Gasteiger partial charge in [-0.15, -0.1) is 0 Å². The van der Waals surface area contributed by atoms with Gasteiger partial charge in [0.2, 0.25) is 5.91 Å². The number of benzene rings is 1. The minimum atomic E-state index is -0.0409. The van der Waals surface area contributed by atoms with Crippen LogP contribution in [0.25, 0.3) is 0 Å². The highest BCUT2D eigenvalue weighted by molar-refractivity contribution is 7.99. The molecule has 4 heteroatoms. The Morgan fingerprint density at radius 3 is 2.82 bits per heavy atom. The second kappa shape index (κ2) is 6.97. The molecule has 0 aromatic heterocycles. The molecule has 0 aliphatic heterocycles. The van der Waals surface area contributed by atoms with E-state index in [0.29, 0.717) is 22.9 Å². The molecule has 0 atom stereocenters. The molecule has 0 unspecified atom stereocenters. The van der Waals surface area contributed by atoms with E-state index in [1.165, 1.54) is 0 Å². The summed E-state index contributed by atoms with van der Waals surface area (Å²) in [6.07, 6.45) is 0.475. The van der Waals surface area contributed by atoms with E-state index in [-0.39, 0.29) is 5.91 Å². The maximum absolute atomic E-state index is 11.6. The summed E-state index contributed by atoms with van der Waals surface area (Å²) in [5, 5.41) is 12.2. The second-order valence-corrected chi connectivity index (χ2v) is 5.56. The standard InChI is InChI=1S/C13H16N2OS/c1-10(2)17-8-7-13(16)15-12-6-4-3-5-11(12)9-14/h3-6,10H,7-8H2,1-2H3,(H,15,16). The monoisotopic (exact) mass is 248 g/mol. The smallest absolute Gasteiger partial charge is 0.225 e. The Bertz CT molecular complexity index is 424. The van der Waals surface area contributed by atoms with E-state index in [0.717, 1.165) is 5.75 Å². The lowest BCUT2D eigenvalue weighted by atomic mass is 10.2. The first-order valence-electron chi connectivity index (χ1n) is 5.54. The number of nitriles is 1. The molecule has 0 bridgehead atoms. The number of hydrogen-bond donors (Lipinski definition) is 1. The van der Waals surface area contributed by atoms with Gasteiger partial charge in [-0.25, -0.2) is 0 Å². The largest absolute Gasteiger partial charge is 0.325 e. The Hall–Kier alpha value is -1.47. The SMILES string of the molecule is CC(C)SCCC(=O)Nc1ccccc1C#N. The fourth-order valence-corrected chi connectivity index (χ4v) is 2.06. The van der Waals surface area contributed by atoms with Crippen LogP contribution in [-0.2, 0) is 4.79 Å². The number of nitrogens with zero attached hydrogens (tertiary/aromatic N) is 1. The van der Waals surface area contributed by atoms with Gasteiger partial charge in [-0.3, -0.25) is 4.79 Å². The van der Waals surface area contributed by atoms with Crippen LogP contribution in [0.3, 0.4) is 0 Å². The molecule has 1 aromatic rings. The van der Waals surface area contributed by atoms with Gasteiger partial charge in [-0.2, -0.15) is 17.0 Å². The third-order valence-corrected chi connectivity index (χ3v) is 3.21. The number of hydrogen-bond acceptors (Lipinski definition) is 3. The van der Waals surface area contributed by atoms with Crippen LogP contribution in [0.4, 0.5) is 5.69 Å². The molecular weight excluding hydrogens is 232 g/mol. The molecule has 0 aliphatic rings. The highest BCUT2D eigenvalue weighted by atomic mass is 32.2. The van der Waals surface area contributed by atoms with E-state index < -0.39 is 0 Å². The summed E-state index contributed by atoms with van der Waals surface area (Å²) in [5.74, 6) is 0.763. The van der Waals surface area contributed by atoms with Crippen molar-refractivity contribution in [3.8, 4) is 6.07 Å². The maximum Gasteiger partial charge on any atom is 0.225 e. The molecule has 1 aromatic carbocycles. The summed E-state index contributed by atoms with van der Waals surface area (Å²) in [5.41, 5.74) is 1.09. The van der Waals surface area contributed by atoms with Gasteiger partial charge in [0.25, 0.3) is 0 Å². The molecule has 17 heavy (non-hydrogen) atoms. The molecule has 0 fully saturated rings. The number of nitrogens with one attached hydrogen (secondary N) is 1. The van der Waals surface area contributed by atoms with Crippen LogP contribution in [0.5, 0.6) is 0 Å². The summed E-state index contributed by atoms with van der Waals surface area (Å²) in [6, 6.07) is 9.08. The van der Waals surface area contributed by atoms with Crippen molar-refractivity contribution in [3.63, 3.8) is 0 Å². The van der Waals surface area contributed by atoms with Gasteiger partial charge in [0, 0.05) is 12.2 Å². The van der Waals surface area contributed by atoms with Crippen molar-refractivity contribution < 1.29 is 4.79 Å². The Kier molecular flexibility index (Phi) is 5.58. The zero-order chi connectivity index (χ0) is 12.7. The van der Waals surface area contributed by atoms with Crippen molar-refractivity contribution in [3.05, 3.63) is 29.8 Å². The lowest BCUT2D eigenvalue weighted by Crippen LogP contribution is -2.13. The van der Waals surface area contributed by atoms with Crippen molar-refractivity contribution in [1.29, 1.82) is 5.26 Å². The Labute approximate surface area is 106 Å². The molecule has 0 aliphatic carbocycles. The fourth-order valence-electron chi connectivity index (χ4n) is 1.29. The van der Waals surface area contributed by atoms with Gasteiger partial charge in [0.15, 0.2) is 0 Å². The van der Waals surface area contributed by atoms with Gasteiger partial charge in [-0.05, 0) is 17.4 Å². The van der Waals surface area contributed by atoms with E-state index in [9.17, 15) is 4.79 Å². The molecule has 0 spiro atoms. The van der Waals surface area contributed by atoms with Gasteiger partial charge >= 0.3 is 0 Å². The first kappa shape index (κ1) is 13.6. The van der Waals surface area contributed by atoms with Gasteiger partial charge in [0.05, 0.1) is 11.3 Å². The minimum Gasteiger partial charge on any atom is -0.325 e. The number of rotatable bonds is 5. The predicted molar refractivity (Wildman–Crippen MR) is 72.0 cm³/mol. The fraction of sp³-hybridized carbons (Fsp3) is 0.385.